The van der Waals surface area contributed by atoms with Crippen LogP contribution in [0.1, 0.15) is 32.6 Å². The maximum absolute atomic E-state index is 10.9. The van der Waals surface area contributed by atoms with Crippen molar-refractivity contribution in [2.24, 2.45) is 5.92 Å². The highest BCUT2D eigenvalue weighted by Crippen LogP contribution is 2.27. The van der Waals surface area contributed by atoms with Crippen LogP contribution in [0.15, 0.2) is 48.1 Å². The lowest BCUT2D eigenvalue weighted by Crippen LogP contribution is -2.23. The molecule has 0 aromatic carbocycles. The summed E-state index contributed by atoms with van der Waals surface area (Å²) in [5, 5.41) is 0. The van der Waals surface area contributed by atoms with Crippen molar-refractivity contribution < 1.29 is 8.42 Å². The molecule has 1 atom stereocenters. The molecule has 0 spiro atoms. The van der Waals surface area contributed by atoms with Crippen LogP contribution in [-0.2, 0) is 10.0 Å². The third kappa shape index (κ3) is 6.87. The van der Waals surface area contributed by atoms with Gasteiger partial charge in [-0.05, 0) is 42.7 Å². The van der Waals surface area contributed by atoms with Gasteiger partial charge < -0.3 is 0 Å². The summed E-state index contributed by atoms with van der Waals surface area (Å²) in [4.78, 5) is 0. The van der Waals surface area contributed by atoms with Crippen molar-refractivity contribution >= 4 is 10.0 Å². The molecule has 20 heavy (non-hydrogen) atoms. The van der Waals surface area contributed by atoms with Crippen molar-refractivity contribution in [2.75, 3.05) is 12.8 Å². The smallest absolute Gasteiger partial charge is 0.208 e. The van der Waals surface area contributed by atoms with Gasteiger partial charge in [0, 0.05) is 6.54 Å². The molecule has 0 bridgehead atoms. The van der Waals surface area contributed by atoms with Crippen LogP contribution >= 0.6 is 0 Å². The van der Waals surface area contributed by atoms with Gasteiger partial charge in [-0.3, -0.25) is 0 Å². The maximum atomic E-state index is 10.9. The van der Waals surface area contributed by atoms with Gasteiger partial charge in [-0.25, -0.2) is 13.1 Å². The molecule has 1 aliphatic rings. The lowest BCUT2D eigenvalue weighted by molar-refractivity contribution is 0.517. The van der Waals surface area contributed by atoms with Crippen LogP contribution in [-0.4, -0.2) is 21.2 Å². The number of allylic oxidation sites excluding steroid dienone is 5. The second-order valence-electron chi connectivity index (χ2n) is 5.54. The Morgan fingerprint density at radius 3 is 2.70 bits per heavy atom. The van der Waals surface area contributed by atoms with E-state index in [0.717, 1.165) is 36.2 Å². The van der Waals surface area contributed by atoms with E-state index in [9.17, 15) is 8.42 Å². The Bertz CT molecular complexity index is 527. The molecule has 1 rings (SSSR count). The van der Waals surface area contributed by atoms with Crippen LogP contribution in [0.5, 0.6) is 0 Å². The van der Waals surface area contributed by atoms with Gasteiger partial charge in [0.05, 0.1) is 6.26 Å². The van der Waals surface area contributed by atoms with Crippen LogP contribution in [0, 0.1) is 5.92 Å². The SMILES string of the molecule is C=C(/C=C\C(=C)C1=CCC(C)CC1)CCNS(C)(=O)=O. The number of sulfonamides is 1. The summed E-state index contributed by atoms with van der Waals surface area (Å²) in [6, 6.07) is 0. The van der Waals surface area contributed by atoms with Crippen LogP contribution in [0.25, 0.3) is 0 Å². The molecular weight excluding hydrogens is 270 g/mol. The van der Waals surface area contributed by atoms with Crippen LogP contribution in [0.4, 0.5) is 0 Å². The molecule has 3 nitrogen and oxygen atoms in total. The standard InChI is InChI=1S/C16H25NO2S/c1-13-6-9-16(10-7-13)15(3)8-5-14(2)11-12-17-20(4,18)19/h5,8-9,13,17H,2-3,6-7,10-12H2,1,4H3/b8-5-. The van der Waals surface area contributed by atoms with E-state index in [1.807, 2.05) is 12.2 Å². The zero-order chi connectivity index (χ0) is 15.2. The van der Waals surface area contributed by atoms with Crippen molar-refractivity contribution in [3.63, 3.8) is 0 Å². The normalized spacial score (nSPS) is 19.9. The summed E-state index contributed by atoms with van der Waals surface area (Å²) in [6.07, 6.45) is 11.4. The van der Waals surface area contributed by atoms with Crippen molar-refractivity contribution in [3.8, 4) is 0 Å². The summed E-state index contributed by atoms with van der Waals surface area (Å²) in [7, 11) is -3.12. The molecule has 0 aromatic heterocycles. The summed E-state index contributed by atoms with van der Waals surface area (Å²) < 4.78 is 24.3. The van der Waals surface area contributed by atoms with Gasteiger partial charge in [0.15, 0.2) is 0 Å². The quantitative estimate of drug-likeness (QED) is 0.732. The van der Waals surface area contributed by atoms with Crippen LogP contribution in [0.3, 0.4) is 0 Å². The molecule has 0 radical (unpaired) electrons. The number of hydrogen-bond donors (Lipinski definition) is 1. The number of nitrogens with one attached hydrogen (secondary N) is 1. The molecule has 0 heterocycles. The van der Waals surface area contributed by atoms with Gasteiger partial charge in [0.2, 0.25) is 10.0 Å². The van der Waals surface area contributed by atoms with Crippen molar-refractivity contribution in [3.05, 3.63) is 48.1 Å². The van der Waals surface area contributed by atoms with Gasteiger partial charge in [0.25, 0.3) is 0 Å². The molecule has 0 fully saturated rings. The Morgan fingerprint density at radius 2 is 2.15 bits per heavy atom. The van der Waals surface area contributed by atoms with E-state index >= 15 is 0 Å². The van der Waals surface area contributed by atoms with Gasteiger partial charge in [-0.2, -0.15) is 0 Å². The average Bonchev–Trinajstić information content (AvgIpc) is 2.35. The monoisotopic (exact) mass is 295 g/mol. The van der Waals surface area contributed by atoms with E-state index in [1.54, 1.807) is 0 Å². The first-order chi connectivity index (χ1) is 9.28. The number of rotatable bonds is 7. The van der Waals surface area contributed by atoms with Crippen molar-refractivity contribution in [1.29, 1.82) is 0 Å². The molecule has 1 aliphatic carbocycles. The highest BCUT2D eigenvalue weighted by molar-refractivity contribution is 7.88. The Kier molecular flexibility index (Phi) is 6.43. The number of hydrogen-bond acceptors (Lipinski definition) is 2. The third-order valence-electron chi connectivity index (χ3n) is 3.42. The summed E-state index contributed by atoms with van der Waals surface area (Å²) in [5.41, 5.74) is 3.25. The van der Waals surface area contributed by atoms with Gasteiger partial charge in [-0.15, -0.1) is 0 Å². The largest absolute Gasteiger partial charge is 0.215 e. The first kappa shape index (κ1) is 16.9. The van der Waals surface area contributed by atoms with E-state index in [2.05, 4.69) is 30.9 Å². The molecule has 0 saturated carbocycles. The third-order valence-corrected chi connectivity index (χ3v) is 4.14. The summed E-state index contributed by atoms with van der Waals surface area (Å²) in [5.74, 6) is 0.771. The zero-order valence-corrected chi connectivity index (χ0v) is 13.3. The van der Waals surface area contributed by atoms with Gasteiger partial charge in [-0.1, -0.05) is 43.9 Å². The predicted molar refractivity (Wildman–Crippen MR) is 86.0 cm³/mol. The fourth-order valence-electron chi connectivity index (χ4n) is 2.06. The second kappa shape index (κ2) is 7.60. The van der Waals surface area contributed by atoms with E-state index in [-0.39, 0.29) is 0 Å². The van der Waals surface area contributed by atoms with Crippen molar-refractivity contribution in [1.82, 2.24) is 4.72 Å². The summed E-state index contributed by atoms with van der Waals surface area (Å²) in [6.45, 7) is 10.7. The molecule has 1 unspecified atom stereocenters. The predicted octanol–water partition coefficient (Wildman–Crippen LogP) is 3.34. The first-order valence-electron chi connectivity index (χ1n) is 6.96. The van der Waals surface area contributed by atoms with E-state index in [0.29, 0.717) is 13.0 Å². The van der Waals surface area contributed by atoms with E-state index < -0.39 is 10.0 Å². The van der Waals surface area contributed by atoms with E-state index in [4.69, 9.17) is 0 Å². The Labute approximate surface area is 123 Å². The average molecular weight is 295 g/mol. The summed E-state index contributed by atoms with van der Waals surface area (Å²) >= 11 is 0. The highest BCUT2D eigenvalue weighted by atomic mass is 32.2. The minimum absolute atomic E-state index is 0.384. The molecule has 1 N–H and O–H groups in total. The minimum atomic E-state index is -3.12. The Hall–Kier alpha value is -1.13. The maximum Gasteiger partial charge on any atom is 0.208 e. The minimum Gasteiger partial charge on any atom is -0.215 e. The fourth-order valence-corrected chi connectivity index (χ4v) is 2.54. The molecule has 0 aromatic rings. The lowest BCUT2D eigenvalue weighted by atomic mass is 9.88. The zero-order valence-electron chi connectivity index (χ0n) is 12.5. The molecule has 0 saturated heterocycles. The topological polar surface area (TPSA) is 46.2 Å². The molecule has 0 amide bonds. The Balaban J connectivity index is 2.39. The van der Waals surface area contributed by atoms with Crippen LogP contribution in [0.2, 0.25) is 0 Å². The second-order valence-corrected chi connectivity index (χ2v) is 7.38. The highest BCUT2D eigenvalue weighted by Gasteiger charge is 2.10. The van der Waals surface area contributed by atoms with Crippen LogP contribution < -0.4 is 4.72 Å². The van der Waals surface area contributed by atoms with Crippen molar-refractivity contribution in [2.45, 2.75) is 32.6 Å². The molecule has 0 aliphatic heterocycles. The Morgan fingerprint density at radius 1 is 1.45 bits per heavy atom. The fraction of sp³-hybridized carbons (Fsp3) is 0.500. The van der Waals surface area contributed by atoms with Gasteiger partial charge in [0.1, 0.15) is 0 Å². The first-order valence-corrected chi connectivity index (χ1v) is 8.86. The molecular formula is C16H25NO2S. The molecule has 112 valence electrons. The van der Waals surface area contributed by atoms with E-state index in [1.165, 1.54) is 12.0 Å². The molecule has 4 heteroatoms. The van der Waals surface area contributed by atoms with Gasteiger partial charge >= 0.3 is 0 Å². The lowest BCUT2D eigenvalue weighted by Gasteiger charge is -2.18.